The van der Waals surface area contributed by atoms with Gasteiger partial charge in [-0.25, -0.2) is 4.79 Å². The topological polar surface area (TPSA) is 102 Å². The summed E-state index contributed by atoms with van der Waals surface area (Å²) in [6, 6.07) is 13.0. The van der Waals surface area contributed by atoms with E-state index in [1.807, 2.05) is 32.0 Å². The number of amides is 1. The summed E-state index contributed by atoms with van der Waals surface area (Å²) in [5.74, 6) is -1.19. The number of carbonyl (C=O) groups excluding carboxylic acids is 3. The van der Waals surface area contributed by atoms with E-state index in [1.54, 1.807) is 36.1 Å². The Labute approximate surface area is 198 Å². The van der Waals surface area contributed by atoms with Crippen LogP contribution in [0.5, 0.6) is 0 Å². The van der Waals surface area contributed by atoms with Gasteiger partial charge in [0.05, 0.1) is 12.3 Å². The average molecular weight is 458 g/mol. The SMILES string of the molecule is CCOC(=O)C1=C(N)N(c2cccc(C)c2C)C2=C(C(=O)CCC2)C12C(=O)Nc1ccccc12. The van der Waals surface area contributed by atoms with Gasteiger partial charge in [0.1, 0.15) is 16.8 Å². The van der Waals surface area contributed by atoms with Gasteiger partial charge in [0.2, 0.25) is 5.91 Å². The zero-order valence-electron chi connectivity index (χ0n) is 19.5. The summed E-state index contributed by atoms with van der Waals surface area (Å²) in [4.78, 5) is 42.8. The van der Waals surface area contributed by atoms with E-state index in [0.29, 0.717) is 41.8 Å². The number of rotatable bonds is 3. The van der Waals surface area contributed by atoms with E-state index < -0.39 is 17.3 Å². The highest BCUT2D eigenvalue weighted by molar-refractivity contribution is 6.23. The molecule has 1 atom stereocenters. The highest BCUT2D eigenvalue weighted by Crippen LogP contribution is 2.55. The molecule has 5 rings (SSSR count). The number of allylic oxidation sites excluding steroid dienone is 1. The highest BCUT2D eigenvalue weighted by Gasteiger charge is 2.61. The number of ketones is 1. The van der Waals surface area contributed by atoms with Crippen molar-refractivity contribution in [1.29, 1.82) is 0 Å². The van der Waals surface area contributed by atoms with Crippen LogP contribution in [0.25, 0.3) is 0 Å². The van der Waals surface area contributed by atoms with Crippen molar-refractivity contribution in [2.24, 2.45) is 5.73 Å². The number of nitrogens with two attached hydrogens (primary N) is 1. The maximum atomic E-state index is 13.8. The zero-order chi connectivity index (χ0) is 24.2. The minimum Gasteiger partial charge on any atom is -0.462 e. The standard InChI is InChI=1S/C27H27N3O4/c1-4-34-25(32)23-24(28)30(19-12-7-9-15(2)16(19)3)20-13-8-14-21(31)22(20)27(23)17-10-5-6-11-18(17)29-26(27)33/h5-7,9-12H,4,8,13-14,28H2,1-3H3,(H,29,33). The molecule has 3 aliphatic rings. The maximum Gasteiger partial charge on any atom is 0.339 e. The lowest BCUT2D eigenvalue weighted by atomic mass is 9.63. The molecule has 0 saturated heterocycles. The molecule has 0 saturated carbocycles. The van der Waals surface area contributed by atoms with Gasteiger partial charge in [-0.05, 0) is 56.9 Å². The molecule has 7 nitrogen and oxygen atoms in total. The Morgan fingerprint density at radius 1 is 1.12 bits per heavy atom. The van der Waals surface area contributed by atoms with Crippen LogP contribution >= 0.6 is 0 Å². The van der Waals surface area contributed by atoms with E-state index >= 15 is 0 Å². The monoisotopic (exact) mass is 457 g/mol. The Kier molecular flexibility index (Phi) is 5.08. The van der Waals surface area contributed by atoms with Crippen molar-refractivity contribution in [3.63, 3.8) is 0 Å². The van der Waals surface area contributed by atoms with Gasteiger partial charge in [-0.3, -0.25) is 14.5 Å². The summed E-state index contributed by atoms with van der Waals surface area (Å²) in [6.07, 6.45) is 1.50. The Morgan fingerprint density at radius 3 is 2.65 bits per heavy atom. The van der Waals surface area contributed by atoms with Gasteiger partial charge in [0.25, 0.3) is 0 Å². The molecule has 34 heavy (non-hydrogen) atoms. The Hall–Kier alpha value is -3.87. The molecule has 2 aliphatic heterocycles. The fraction of sp³-hybridized carbons (Fsp3) is 0.296. The molecule has 1 spiro atoms. The minimum absolute atomic E-state index is 0.00768. The molecule has 2 aromatic rings. The van der Waals surface area contributed by atoms with Crippen LogP contribution in [0.1, 0.15) is 42.9 Å². The van der Waals surface area contributed by atoms with Gasteiger partial charge in [-0.2, -0.15) is 0 Å². The number of fused-ring (bicyclic) bond motifs is 3. The van der Waals surface area contributed by atoms with E-state index in [4.69, 9.17) is 10.5 Å². The summed E-state index contributed by atoms with van der Waals surface area (Å²) < 4.78 is 5.44. The lowest BCUT2D eigenvalue weighted by molar-refractivity contribution is -0.140. The Morgan fingerprint density at radius 2 is 1.88 bits per heavy atom. The minimum atomic E-state index is -1.64. The number of hydrogen-bond acceptors (Lipinski definition) is 6. The molecule has 3 N–H and O–H groups in total. The summed E-state index contributed by atoms with van der Waals surface area (Å²) in [7, 11) is 0. The number of nitrogens with one attached hydrogen (secondary N) is 1. The first-order valence-corrected chi connectivity index (χ1v) is 11.6. The molecule has 1 amide bonds. The van der Waals surface area contributed by atoms with E-state index in [9.17, 15) is 14.4 Å². The first-order valence-electron chi connectivity index (χ1n) is 11.6. The van der Waals surface area contributed by atoms with Crippen LogP contribution in [-0.2, 0) is 24.5 Å². The summed E-state index contributed by atoms with van der Waals surface area (Å²) >= 11 is 0. The third-order valence-electron chi connectivity index (χ3n) is 7.12. The van der Waals surface area contributed by atoms with Crippen LogP contribution in [0.3, 0.4) is 0 Å². The third-order valence-corrected chi connectivity index (χ3v) is 7.12. The number of anilines is 2. The first-order chi connectivity index (χ1) is 16.3. The molecule has 2 aromatic carbocycles. The van der Waals surface area contributed by atoms with Crippen molar-refractivity contribution in [1.82, 2.24) is 0 Å². The van der Waals surface area contributed by atoms with Crippen LogP contribution in [0.4, 0.5) is 11.4 Å². The molecule has 2 heterocycles. The fourth-order valence-corrected chi connectivity index (χ4v) is 5.52. The van der Waals surface area contributed by atoms with Gasteiger partial charge in [0, 0.05) is 28.9 Å². The summed E-state index contributed by atoms with van der Waals surface area (Å²) in [5.41, 5.74) is 10.1. The Balaban J connectivity index is 1.92. The molecular formula is C27H27N3O4. The summed E-state index contributed by atoms with van der Waals surface area (Å²) in [6.45, 7) is 5.79. The van der Waals surface area contributed by atoms with Crippen molar-refractivity contribution in [2.45, 2.75) is 45.4 Å². The lowest BCUT2D eigenvalue weighted by Gasteiger charge is -2.44. The predicted molar refractivity (Wildman–Crippen MR) is 129 cm³/mol. The van der Waals surface area contributed by atoms with E-state index in [1.165, 1.54) is 0 Å². The molecule has 0 aromatic heterocycles. The molecule has 0 bridgehead atoms. The zero-order valence-corrected chi connectivity index (χ0v) is 19.5. The third kappa shape index (κ3) is 2.79. The predicted octanol–water partition coefficient (Wildman–Crippen LogP) is 3.75. The fourth-order valence-electron chi connectivity index (χ4n) is 5.52. The summed E-state index contributed by atoms with van der Waals surface area (Å²) in [5, 5.41) is 2.89. The van der Waals surface area contributed by atoms with Crippen LogP contribution in [0.15, 0.2) is 65.1 Å². The number of Topliss-reactive ketones (excluding diaryl/α,β-unsaturated/α-hetero) is 1. The van der Waals surface area contributed by atoms with Crippen molar-refractivity contribution in [3.05, 3.63) is 81.8 Å². The van der Waals surface area contributed by atoms with Crippen LogP contribution < -0.4 is 16.0 Å². The first kappa shape index (κ1) is 21.9. The van der Waals surface area contributed by atoms with Gasteiger partial charge in [-0.1, -0.05) is 30.3 Å². The number of nitrogens with zero attached hydrogens (tertiary/aromatic N) is 1. The van der Waals surface area contributed by atoms with E-state index in [-0.39, 0.29) is 23.8 Å². The average Bonchev–Trinajstić information content (AvgIpc) is 3.09. The molecule has 1 aliphatic carbocycles. The maximum absolute atomic E-state index is 13.8. The second kappa shape index (κ2) is 7.87. The van der Waals surface area contributed by atoms with Crippen molar-refractivity contribution >= 4 is 29.0 Å². The number of carbonyl (C=O) groups is 3. The molecule has 174 valence electrons. The van der Waals surface area contributed by atoms with E-state index in [2.05, 4.69) is 5.32 Å². The number of benzene rings is 2. The number of para-hydroxylation sites is 1. The van der Waals surface area contributed by atoms with Gasteiger partial charge in [0.15, 0.2) is 5.78 Å². The number of aryl methyl sites for hydroxylation is 1. The van der Waals surface area contributed by atoms with Crippen molar-refractivity contribution < 1.29 is 19.1 Å². The Bertz CT molecular complexity index is 1320. The van der Waals surface area contributed by atoms with Crippen molar-refractivity contribution in [2.75, 3.05) is 16.8 Å². The number of ether oxygens (including phenoxy) is 1. The van der Waals surface area contributed by atoms with E-state index in [0.717, 1.165) is 16.8 Å². The quantitative estimate of drug-likeness (QED) is 0.681. The van der Waals surface area contributed by atoms with Gasteiger partial charge < -0.3 is 15.8 Å². The highest BCUT2D eigenvalue weighted by atomic mass is 16.5. The molecule has 7 heteroatoms. The lowest BCUT2D eigenvalue weighted by Crippen LogP contribution is -2.53. The van der Waals surface area contributed by atoms with Crippen LogP contribution in [0.2, 0.25) is 0 Å². The van der Waals surface area contributed by atoms with Crippen LogP contribution in [0, 0.1) is 13.8 Å². The smallest absolute Gasteiger partial charge is 0.339 e. The molecule has 0 radical (unpaired) electrons. The number of esters is 1. The van der Waals surface area contributed by atoms with Crippen molar-refractivity contribution in [3.8, 4) is 0 Å². The second-order valence-corrected chi connectivity index (χ2v) is 8.88. The molecule has 0 fully saturated rings. The second-order valence-electron chi connectivity index (χ2n) is 8.88. The van der Waals surface area contributed by atoms with Gasteiger partial charge >= 0.3 is 5.97 Å². The van der Waals surface area contributed by atoms with Crippen LogP contribution in [-0.4, -0.2) is 24.3 Å². The normalized spacial score (nSPS) is 21.6. The van der Waals surface area contributed by atoms with Gasteiger partial charge in [-0.15, -0.1) is 0 Å². The molecule has 1 unspecified atom stereocenters. The molecular weight excluding hydrogens is 430 g/mol. The largest absolute Gasteiger partial charge is 0.462 e. The number of hydrogen-bond donors (Lipinski definition) is 2.